The number of benzene rings is 1. The van der Waals surface area contributed by atoms with Crippen molar-refractivity contribution in [2.45, 2.75) is 12.5 Å². The first-order chi connectivity index (χ1) is 7.25. The number of carbonyl (C=O) groups is 1. The van der Waals surface area contributed by atoms with Crippen LogP contribution in [0.3, 0.4) is 0 Å². The van der Waals surface area contributed by atoms with Crippen LogP contribution in [0.2, 0.25) is 0 Å². The van der Waals surface area contributed by atoms with Crippen molar-refractivity contribution in [2.75, 3.05) is 13.1 Å². The summed E-state index contributed by atoms with van der Waals surface area (Å²) in [5.41, 5.74) is 0.964. The largest absolute Gasteiger partial charge is 0.353 e. The van der Waals surface area contributed by atoms with Crippen molar-refractivity contribution >= 4 is 5.91 Å². The van der Waals surface area contributed by atoms with Crippen molar-refractivity contribution in [2.24, 2.45) is 0 Å². The quantitative estimate of drug-likeness (QED) is 0.741. The molecule has 80 valence electrons. The Morgan fingerprint density at radius 1 is 1.27 bits per heavy atom. The number of hydrogen-bond acceptors (Lipinski definition) is 2. The monoisotopic (exact) mass is 208 g/mol. The van der Waals surface area contributed by atoms with Crippen LogP contribution in [-0.4, -0.2) is 25.0 Å². The molecular weight excluding hydrogens is 195 g/mol. The Kier molecular flexibility index (Phi) is 2.97. The molecule has 1 aliphatic rings. The highest BCUT2D eigenvalue weighted by atomic mass is 19.1. The molecular formula is C11H13FN2O. The molecule has 0 saturated carbocycles. The lowest BCUT2D eigenvalue weighted by molar-refractivity contribution is -0.124. The summed E-state index contributed by atoms with van der Waals surface area (Å²) in [6.07, 6.45) is 0.603. The van der Waals surface area contributed by atoms with Gasteiger partial charge in [0.25, 0.3) is 0 Å². The molecule has 0 aromatic heterocycles. The molecule has 4 heteroatoms. The highest BCUT2D eigenvalue weighted by Gasteiger charge is 2.21. The highest BCUT2D eigenvalue weighted by Crippen LogP contribution is 2.06. The summed E-state index contributed by atoms with van der Waals surface area (Å²) in [5.74, 6) is -0.231. The summed E-state index contributed by atoms with van der Waals surface area (Å²) >= 11 is 0. The van der Waals surface area contributed by atoms with Crippen LogP contribution >= 0.6 is 0 Å². The Balaban J connectivity index is 2.01. The number of amides is 1. The number of hydrogen-bond donors (Lipinski definition) is 2. The van der Waals surface area contributed by atoms with E-state index in [0.717, 1.165) is 12.1 Å². The van der Waals surface area contributed by atoms with Crippen molar-refractivity contribution < 1.29 is 9.18 Å². The van der Waals surface area contributed by atoms with Gasteiger partial charge in [0, 0.05) is 13.1 Å². The van der Waals surface area contributed by atoms with Gasteiger partial charge >= 0.3 is 0 Å². The first-order valence-electron chi connectivity index (χ1n) is 5.01. The molecule has 1 unspecified atom stereocenters. The van der Waals surface area contributed by atoms with Crippen LogP contribution < -0.4 is 10.6 Å². The smallest absolute Gasteiger partial charge is 0.237 e. The van der Waals surface area contributed by atoms with Crippen LogP contribution in [0.25, 0.3) is 0 Å². The predicted octanol–water partition coefficient (Wildman–Crippen LogP) is 0.456. The van der Waals surface area contributed by atoms with E-state index in [1.807, 2.05) is 0 Å². The minimum absolute atomic E-state index is 0.0191. The minimum atomic E-state index is -0.250. The Bertz CT molecular complexity index is 350. The minimum Gasteiger partial charge on any atom is -0.353 e. The maximum Gasteiger partial charge on any atom is 0.237 e. The topological polar surface area (TPSA) is 41.1 Å². The summed E-state index contributed by atoms with van der Waals surface area (Å²) < 4.78 is 12.6. The zero-order chi connectivity index (χ0) is 10.7. The van der Waals surface area contributed by atoms with E-state index < -0.39 is 0 Å². The van der Waals surface area contributed by atoms with Crippen molar-refractivity contribution in [1.29, 1.82) is 0 Å². The number of carbonyl (C=O) groups excluding carboxylic acids is 1. The van der Waals surface area contributed by atoms with E-state index in [9.17, 15) is 9.18 Å². The number of nitrogens with one attached hydrogen (secondary N) is 2. The second kappa shape index (κ2) is 4.40. The SMILES string of the molecule is O=C1NCCNC1Cc1ccc(F)cc1. The molecule has 0 bridgehead atoms. The third-order valence-electron chi connectivity index (χ3n) is 2.48. The van der Waals surface area contributed by atoms with Crippen LogP contribution in [0.15, 0.2) is 24.3 Å². The zero-order valence-corrected chi connectivity index (χ0v) is 8.29. The van der Waals surface area contributed by atoms with Gasteiger partial charge in [-0.25, -0.2) is 4.39 Å². The third kappa shape index (κ3) is 2.53. The van der Waals surface area contributed by atoms with Gasteiger partial charge in [-0.05, 0) is 24.1 Å². The van der Waals surface area contributed by atoms with E-state index in [2.05, 4.69) is 10.6 Å². The molecule has 1 aromatic carbocycles. The Morgan fingerprint density at radius 3 is 2.67 bits per heavy atom. The van der Waals surface area contributed by atoms with Gasteiger partial charge < -0.3 is 10.6 Å². The van der Waals surface area contributed by atoms with Gasteiger partial charge in [0.2, 0.25) is 5.91 Å². The maximum absolute atomic E-state index is 12.6. The van der Waals surface area contributed by atoms with Crippen LogP contribution in [0.5, 0.6) is 0 Å². The van der Waals surface area contributed by atoms with E-state index in [-0.39, 0.29) is 17.8 Å². The van der Waals surface area contributed by atoms with Gasteiger partial charge in [-0.15, -0.1) is 0 Å². The Morgan fingerprint density at radius 2 is 2.00 bits per heavy atom. The molecule has 1 heterocycles. The van der Waals surface area contributed by atoms with Gasteiger partial charge in [0.1, 0.15) is 5.82 Å². The van der Waals surface area contributed by atoms with Crippen LogP contribution in [0, 0.1) is 5.82 Å². The van der Waals surface area contributed by atoms with Gasteiger partial charge in [-0.2, -0.15) is 0 Å². The Hall–Kier alpha value is -1.42. The summed E-state index contributed by atoms with van der Waals surface area (Å²) in [5, 5.41) is 5.91. The third-order valence-corrected chi connectivity index (χ3v) is 2.48. The lowest BCUT2D eigenvalue weighted by Gasteiger charge is -2.23. The maximum atomic E-state index is 12.6. The van der Waals surface area contributed by atoms with E-state index in [0.29, 0.717) is 13.0 Å². The molecule has 0 spiro atoms. The van der Waals surface area contributed by atoms with Crippen molar-refractivity contribution in [1.82, 2.24) is 10.6 Å². The Labute approximate surface area is 87.7 Å². The standard InChI is InChI=1S/C11H13FN2O/c12-9-3-1-8(2-4-9)7-10-11(15)14-6-5-13-10/h1-4,10,13H,5-7H2,(H,14,15). The fourth-order valence-electron chi connectivity index (χ4n) is 1.67. The number of piperazine rings is 1. The summed E-state index contributed by atoms with van der Waals surface area (Å²) in [7, 11) is 0. The number of halogens is 1. The lowest BCUT2D eigenvalue weighted by atomic mass is 10.0. The summed E-state index contributed by atoms with van der Waals surface area (Å²) in [6, 6.07) is 6.05. The van der Waals surface area contributed by atoms with Crippen LogP contribution in [0.1, 0.15) is 5.56 Å². The van der Waals surface area contributed by atoms with Crippen molar-refractivity contribution in [3.63, 3.8) is 0 Å². The van der Waals surface area contributed by atoms with E-state index in [4.69, 9.17) is 0 Å². The predicted molar refractivity (Wildman–Crippen MR) is 54.9 cm³/mol. The van der Waals surface area contributed by atoms with Crippen LogP contribution in [0.4, 0.5) is 4.39 Å². The molecule has 1 aliphatic heterocycles. The molecule has 1 atom stereocenters. The van der Waals surface area contributed by atoms with Crippen molar-refractivity contribution in [3.05, 3.63) is 35.6 Å². The number of rotatable bonds is 2. The average molecular weight is 208 g/mol. The summed E-state index contributed by atoms with van der Waals surface area (Å²) in [4.78, 5) is 11.4. The molecule has 1 fully saturated rings. The highest BCUT2D eigenvalue weighted by molar-refractivity contribution is 5.82. The van der Waals surface area contributed by atoms with E-state index in [1.165, 1.54) is 12.1 Å². The molecule has 1 aromatic rings. The average Bonchev–Trinajstić information content (AvgIpc) is 2.25. The fourth-order valence-corrected chi connectivity index (χ4v) is 1.67. The van der Waals surface area contributed by atoms with Gasteiger partial charge in [0.05, 0.1) is 6.04 Å². The molecule has 2 rings (SSSR count). The molecule has 2 N–H and O–H groups in total. The van der Waals surface area contributed by atoms with Gasteiger partial charge in [0.15, 0.2) is 0 Å². The van der Waals surface area contributed by atoms with Crippen LogP contribution in [-0.2, 0) is 11.2 Å². The molecule has 1 amide bonds. The van der Waals surface area contributed by atoms with Gasteiger partial charge in [-0.3, -0.25) is 4.79 Å². The molecule has 3 nitrogen and oxygen atoms in total. The van der Waals surface area contributed by atoms with Gasteiger partial charge in [-0.1, -0.05) is 12.1 Å². The van der Waals surface area contributed by atoms with Crippen molar-refractivity contribution in [3.8, 4) is 0 Å². The molecule has 0 radical (unpaired) electrons. The fraction of sp³-hybridized carbons (Fsp3) is 0.364. The first kappa shape index (κ1) is 10.1. The van der Waals surface area contributed by atoms with E-state index in [1.54, 1.807) is 12.1 Å². The molecule has 1 saturated heterocycles. The summed E-state index contributed by atoms with van der Waals surface area (Å²) in [6.45, 7) is 1.47. The molecule has 15 heavy (non-hydrogen) atoms. The van der Waals surface area contributed by atoms with E-state index >= 15 is 0 Å². The first-order valence-corrected chi connectivity index (χ1v) is 5.01. The zero-order valence-electron chi connectivity index (χ0n) is 8.29. The lowest BCUT2D eigenvalue weighted by Crippen LogP contribution is -2.53. The second-order valence-electron chi connectivity index (χ2n) is 3.63. The second-order valence-corrected chi connectivity index (χ2v) is 3.63. The molecule has 0 aliphatic carbocycles. The normalized spacial score (nSPS) is 21.1.